The molecule has 0 aliphatic heterocycles. The van der Waals surface area contributed by atoms with E-state index in [2.05, 4.69) is 9.97 Å². The van der Waals surface area contributed by atoms with Crippen LogP contribution in [-0.2, 0) is 6.54 Å². The average molecular weight is 238 g/mol. The number of benzene rings is 1. The highest BCUT2D eigenvalue weighted by atomic mass is 35.5. The number of aromatic amines is 1. The summed E-state index contributed by atoms with van der Waals surface area (Å²) in [6, 6.07) is 7.57. The third-order valence-corrected chi connectivity index (χ3v) is 2.54. The minimum absolute atomic E-state index is 0.328. The molecule has 1 aromatic carbocycles. The van der Waals surface area contributed by atoms with Gasteiger partial charge < -0.3 is 15.5 Å². The van der Waals surface area contributed by atoms with Gasteiger partial charge in [0, 0.05) is 5.56 Å². The van der Waals surface area contributed by atoms with Crippen molar-refractivity contribution in [3.63, 3.8) is 0 Å². The summed E-state index contributed by atoms with van der Waals surface area (Å²) in [5.74, 6) is 1.39. The summed E-state index contributed by atoms with van der Waals surface area (Å²) in [5, 5.41) is 0.477. The average Bonchev–Trinajstić information content (AvgIpc) is 2.70. The molecule has 0 bridgehead atoms. The zero-order chi connectivity index (χ0) is 11.5. The molecule has 0 saturated heterocycles. The fourth-order valence-electron chi connectivity index (χ4n) is 1.51. The summed E-state index contributed by atoms with van der Waals surface area (Å²) < 4.78 is 5.25. The van der Waals surface area contributed by atoms with Crippen LogP contribution >= 0.6 is 11.6 Å². The molecule has 0 fully saturated rings. The minimum atomic E-state index is 0.328. The Labute approximate surface area is 98.4 Å². The molecule has 0 atom stereocenters. The second kappa shape index (κ2) is 4.55. The highest BCUT2D eigenvalue weighted by molar-refractivity contribution is 6.32. The second-order valence-corrected chi connectivity index (χ2v) is 3.63. The quantitative estimate of drug-likeness (QED) is 0.860. The summed E-state index contributed by atoms with van der Waals surface area (Å²) in [6.45, 7) is 0.328. The van der Waals surface area contributed by atoms with E-state index in [0.29, 0.717) is 23.2 Å². The van der Waals surface area contributed by atoms with E-state index in [1.165, 1.54) is 0 Å². The molecule has 0 unspecified atom stereocenters. The van der Waals surface area contributed by atoms with E-state index < -0.39 is 0 Å². The predicted octanol–water partition coefficient (Wildman–Crippen LogP) is 2.20. The lowest BCUT2D eigenvalue weighted by molar-refractivity contribution is 0.416. The molecule has 0 spiro atoms. The molecule has 84 valence electrons. The molecule has 3 N–H and O–H groups in total. The highest BCUT2D eigenvalue weighted by Crippen LogP contribution is 2.32. The maximum atomic E-state index is 6.06. The molecule has 5 heteroatoms. The normalized spacial score (nSPS) is 10.4. The van der Waals surface area contributed by atoms with Crippen LogP contribution in [0, 0.1) is 0 Å². The number of halogens is 1. The topological polar surface area (TPSA) is 63.9 Å². The molecule has 0 aliphatic carbocycles. The summed E-state index contributed by atoms with van der Waals surface area (Å²) in [4.78, 5) is 7.23. The van der Waals surface area contributed by atoms with Crippen LogP contribution < -0.4 is 10.5 Å². The zero-order valence-corrected chi connectivity index (χ0v) is 9.58. The van der Waals surface area contributed by atoms with E-state index in [4.69, 9.17) is 22.1 Å². The Hall–Kier alpha value is -1.52. The largest absolute Gasteiger partial charge is 0.496 e. The van der Waals surface area contributed by atoms with E-state index in [-0.39, 0.29) is 0 Å². The van der Waals surface area contributed by atoms with Crippen LogP contribution in [0.1, 0.15) is 5.82 Å². The number of nitrogens with one attached hydrogen (secondary N) is 1. The predicted molar refractivity (Wildman–Crippen MR) is 63.5 cm³/mol. The lowest BCUT2D eigenvalue weighted by Crippen LogP contribution is -1.97. The summed E-state index contributed by atoms with van der Waals surface area (Å²) >= 11 is 6.06. The number of nitrogens with two attached hydrogens (primary N) is 1. The fourth-order valence-corrected chi connectivity index (χ4v) is 1.77. The molecule has 16 heavy (non-hydrogen) atoms. The molecule has 0 saturated carbocycles. The fraction of sp³-hybridized carbons (Fsp3) is 0.182. The third-order valence-electron chi connectivity index (χ3n) is 2.26. The summed E-state index contributed by atoms with van der Waals surface area (Å²) in [5.41, 5.74) is 7.02. The van der Waals surface area contributed by atoms with Crippen LogP contribution in [0.2, 0.25) is 5.15 Å². The van der Waals surface area contributed by atoms with Gasteiger partial charge >= 0.3 is 0 Å². The van der Waals surface area contributed by atoms with Crippen molar-refractivity contribution in [2.24, 2.45) is 5.73 Å². The lowest BCUT2D eigenvalue weighted by Gasteiger charge is -2.05. The first-order chi connectivity index (χ1) is 7.76. The number of para-hydroxylation sites is 1. The van der Waals surface area contributed by atoms with Crippen LogP contribution in [-0.4, -0.2) is 17.1 Å². The van der Waals surface area contributed by atoms with Crippen molar-refractivity contribution in [1.29, 1.82) is 0 Å². The highest BCUT2D eigenvalue weighted by Gasteiger charge is 2.13. The molecule has 0 radical (unpaired) electrons. The first-order valence-corrected chi connectivity index (χ1v) is 5.22. The number of nitrogens with zero attached hydrogens (tertiary/aromatic N) is 1. The molecule has 0 aliphatic rings. The monoisotopic (exact) mass is 237 g/mol. The SMILES string of the molecule is COc1ccccc1-c1nc(CN)[nH]c1Cl. The smallest absolute Gasteiger partial charge is 0.134 e. The Balaban J connectivity index is 2.53. The van der Waals surface area contributed by atoms with Gasteiger partial charge in [-0.3, -0.25) is 0 Å². The Morgan fingerprint density at radius 1 is 1.44 bits per heavy atom. The van der Waals surface area contributed by atoms with Crippen molar-refractivity contribution in [2.45, 2.75) is 6.54 Å². The van der Waals surface area contributed by atoms with Crippen LogP contribution in [0.15, 0.2) is 24.3 Å². The van der Waals surface area contributed by atoms with Gasteiger partial charge in [0.25, 0.3) is 0 Å². The van der Waals surface area contributed by atoms with Crippen molar-refractivity contribution < 1.29 is 4.74 Å². The standard InChI is InChI=1S/C11H12ClN3O/c1-16-8-5-3-2-4-7(8)10-11(12)15-9(6-13)14-10/h2-5H,6,13H2,1H3,(H,14,15). The molecule has 0 amide bonds. The molecule has 4 nitrogen and oxygen atoms in total. The van der Waals surface area contributed by atoms with Gasteiger partial charge in [0.1, 0.15) is 22.4 Å². The number of H-pyrrole nitrogens is 1. The van der Waals surface area contributed by atoms with Gasteiger partial charge in [-0.2, -0.15) is 0 Å². The van der Waals surface area contributed by atoms with Gasteiger partial charge in [0.15, 0.2) is 0 Å². The Morgan fingerprint density at radius 2 is 2.19 bits per heavy atom. The Bertz CT molecular complexity index is 496. The van der Waals surface area contributed by atoms with Gasteiger partial charge in [0.2, 0.25) is 0 Å². The Kier molecular flexibility index (Phi) is 3.12. The first-order valence-electron chi connectivity index (χ1n) is 4.84. The van der Waals surface area contributed by atoms with E-state index in [1.54, 1.807) is 7.11 Å². The van der Waals surface area contributed by atoms with Crippen molar-refractivity contribution >= 4 is 11.6 Å². The summed E-state index contributed by atoms with van der Waals surface area (Å²) in [7, 11) is 1.61. The van der Waals surface area contributed by atoms with Crippen LogP contribution in [0.4, 0.5) is 0 Å². The molecule has 1 aromatic heterocycles. The number of rotatable bonds is 3. The van der Waals surface area contributed by atoms with Crippen molar-refractivity contribution in [3.8, 4) is 17.0 Å². The number of hydrogen-bond acceptors (Lipinski definition) is 3. The van der Waals surface area contributed by atoms with Gasteiger partial charge in [0.05, 0.1) is 13.7 Å². The first kappa shape index (κ1) is 11.0. The minimum Gasteiger partial charge on any atom is -0.496 e. The number of imidazole rings is 1. The van der Waals surface area contributed by atoms with E-state index in [0.717, 1.165) is 11.3 Å². The maximum Gasteiger partial charge on any atom is 0.134 e. The third kappa shape index (κ3) is 1.89. The van der Waals surface area contributed by atoms with Crippen LogP contribution in [0.5, 0.6) is 5.75 Å². The molecule has 1 heterocycles. The molecular weight excluding hydrogens is 226 g/mol. The Morgan fingerprint density at radius 3 is 2.81 bits per heavy atom. The van der Waals surface area contributed by atoms with Crippen LogP contribution in [0.3, 0.4) is 0 Å². The number of aromatic nitrogens is 2. The van der Waals surface area contributed by atoms with Crippen molar-refractivity contribution in [2.75, 3.05) is 7.11 Å². The molecular formula is C11H12ClN3O. The maximum absolute atomic E-state index is 6.06. The second-order valence-electron chi connectivity index (χ2n) is 3.25. The van der Waals surface area contributed by atoms with E-state index in [1.807, 2.05) is 24.3 Å². The van der Waals surface area contributed by atoms with Crippen molar-refractivity contribution in [3.05, 3.63) is 35.2 Å². The molecule has 2 aromatic rings. The summed E-state index contributed by atoms with van der Waals surface area (Å²) in [6.07, 6.45) is 0. The number of hydrogen-bond donors (Lipinski definition) is 2. The zero-order valence-electron chi connectivity index (χ0n) is 8.83. The molecule has 2 rings (SSSR count). The van der Waals surface area contributed by atoms with Gasteiger partial charge in [-0.1, -0.05) is 23.7 Å². The van der Waals surface area contributed by atoms with Gasteiger partial charge in [-0.15, -0.1) is 0 Å². The van der Waals surface area contributed by atoms with E-state index in [9.17, 15) is 0 Å². The van der Waals surface area contributed by atoms with E-state index >= 15 is 0 Å². The van der Waals surface area contributed by atoms with Gasteiger partial charge in [-0.05, 0) is 12.1 Å². The lowest BCUT2D eigenvalue weighted by atomic mass is 10.1. The number of ether oxygens (including phenoxy) is 1. The number of methoxy groups -OCH3 is 1. The van der Waals surface area contributed by atoms with Crippen LogP contribution in [0.25, 0.3) is 11.3 Å². The van der Waals surface area contributed by atoms with Crippen molar-refractivity contribution in [1.82, 2.24) is 9.97 Å². The van der Waals surface area contributed by atoms with Gasteiger partial charge in [-0.25, -0.2) is 4.98 Å².